The summed E-state index contributed by atoms with van der Waals surface area (Å²) in [6.45, 7) is 1.61. The van der Waals surface area contributed by atoms with E-state index in [1.54, 1.807) is 37.3 Å². The smallest absolute Gasteiger partial charge is 0.341 e. The molecule has 0 spiro atoms. The molecule has 0 radical (unpaired) electrons. The average molecular weight is 419 g/mol. The van der Waals surface area contributed by atoms with Crippen LogP contribution in [0.25, 0.3) is 0 Å². The van der Waals surface area contributed by atoms with Gasteiger partial charge in [0, 0.05) is 10.7 Å². The summed E-state index contributed by atoms with van der Waals surface area (Å²) in [5.41, 5.74) is 1.06. The van der Waals surface area contributed by atoms with Gasteiger partial charge in [0.25, 0.3) is 11.8 Å². The Morgan fingerprint density at radius 1 is 1.07 bits per heavy atom. The molecule has 2 N–H and O–H groups in total. The molecule has 144 valence electrons. The number of thiophene rings is 1. The lowest BCUT2D eigenvalue weighted by molar-refractivity contribution is 0.0601. The molecule has 2 heterocycles. The third kappa shape index (κ3) is 4.08. The van der Waals surface area contributed by atoms with Crippen molar-refractivity contribution in [3.8, 4) is 0 Å². The average Bonchev–Trinajstić information content (AvgIpc) is 3.31. The highest BCUT2D eigenvalue weighted by Crippen LogP contribution is 2.34. The SMILES string of the molecule is COC(=O)c1c(NC(=O)c2ccco2)sc(C(=O)Nc2ccc(Cl)cc2)c1C. The van der Waals surface area contributed by atoms with E-state index in [1.165, 1.54) is 19.4 Å². The van der Waals surface area contributed by atoms with Crippen molar-refractivity contribution in [2.45, 2.75) is 6.92 Å². The van der Waals surface area contributed by atoms with Crippen molar-refractivity contribution in [3.05, 3.63) is 69.4 Å². The lowest BCUT2D eigenvalue weighted by Crippen LogP contribution is -2.14. The number of nitrogens with one attached hydrogen (secondary N) is 2. The van der Waals surface area contributed by atoms with Gasteiger partial charge in [-0.1, -0.05) is 11.6 Å². The van der Waals surface area contributed by atoms with Crippen molar-refractivity contribution in [2.75, 3.05) is 17.7 Å². The molecule has 0 aliphatic rings. The van der Waals surface area contributed by atoms with E-state index < -0.39 is 17.8 Å². The molecular weight excluding hydrogens is 404 g/mol. The molecule has 3 rings (SSSR count). The fourth-order valence-corrected chi connectivity index (χ4v) is 3.67. The molecule has 2 amide bonds. The molecule has 1 aromatic carbocycles. The highest BCUT2D eigenvalue weighted by Gasteiger charge is 2.27. The predicted molar refractivity (Wildman–Crippen MR) is 106 cm³/mol. The zero-order valence-corrected chi connectivity index (χ0v) is 16.4. The Balaban J connectivity index is 1.92. The number of amides is 2. The maximum atomic E-state index is 12.7. The third-order valence-electron chi connectivity index (χ3n) is 3.82. The first-order valence-electron chi connectivity index (χ1n) is 8.04. The van der Waals surface area contributed by atoms with E-state index in [1.807, 2.05) is 0 Å². The van der Waals surface area contributed by atoms with E-state index in [4.69, 9.17) is 20.8 Å². The lowest BCUT2D eigenvalue weighted by Gasteiger charge is -2.05. The van der Waals surface area contributed by atoms with Crippen LogP contribution < -0.4 is 10.6 Å². The number of hydrogen-bond donors (Lipinski definition) is 2. The van der Waals surface area contributed by atoms with Crippen LogP contribution in [-0.4, -0.2) is 24.9 Å². The summed E-state index contributed by atoms with van der Waals surface area (Å²) in [5.74, 6) is -1.54. The molecule has 0 aliphatic heterocycles. The van der Waals surface area contributed by atoms with Gasteiger partial charge in [-0.3, -0.25) is 9.59 Å². The number of methoxy groups -OCH3 is 1. The normalized spacial score (nSPS) is 10.4. The summed E-state index contributed by atoms with van der Waals surface area (Å²) >= 11 is 6.82. The fourth-order valence-electron chi connectivity index (χ4n) is 2.46. The van der Waals surface area contributed by atoms with Crippen molar-refractivity contribution < 1.29 is 23.5 Å². The first-order chi connectivity index (χ1) is 13.4. The highest BCUT2D eigenvalue weighted by atomic mass is 35.5. The molecule has 0 saturated carbocycles. The number of carbonyl (C=O) groups excluding carboxylic acids is 3. The second-order valence-electron chi connectivity index (χ2n) is 5.64. The molecule has 0 saturated heterocycles. The summed E-state index contributed by atoms with van der Waals surface area (Å²) in [6, 6.07) is 9.66. The lowest BCUT2D eigenvalue weighted by atomic mass is 10.1. The Labute approximate surface area is 169 Å². The third-order valence-corrected chi connectivity index (χ3v) is 5.27. The number of carbonyl (C=O) groups is 3. The van der Waals surface area contributed by atoms with Gasteiger partial charge < -0.3 is 19.8 Å². The number of rotatable bonds is 5. The Morgan fingerprint density at radius 2 is 1.79 bits per heavy atom. The quantitative estimate of drug-likeness (QED) is 0.590. The summed E-state index contributed by atoms with van der Waals surface area (Å²) in [5, 5.41) is 6.08. The largest absolute Gasteiger partial charge is 0.465 e. The van der Waals surface area contributed by atoms with Gasteiger partial charge in [-0.2, -0.15) is 0 Å². The van der Waals surface area contributed by atoms with Crippen molar-refractivity contribution in [3.63, 3.8) is 0 Å². The second kappa shape index (κ2) is 8.28. The summed E-state index contributed by atoms with van der Waals surface area (Å²) in [4.78, 5) is 37.5. The monoisotopic (exact) mass is 418 g/mol. The van der Waals surface area contributed by atoms with Gasteiger partial charge in [0.2, 0.25) is 0 Å². The topological polar surface area (TPSA) is 97.6 Å². The maximum absolute atomic E-state index is 12.7. The molecule has 28 heavy (non-hydrogen) atoms. The number of ether oxygens (including phenoxy) is 1. The van der Waals surface area contributed by atoms with Crippen molar-refractivity contribution in [1.82, 2.24) is 0 Å². The molecule has 0 unspecified atom stereocenters. The number of anilines is 2. The van der Waals surface area contributed by atoms with E-state index in [9.17, 15) is 14.4 Å². The number of halogens is 1. The van der Waals surface area contributed by atoms with E-state index in [-0.39, 0.29) is 21.2 Å². The molecule has 0 aliphatic carbocycles. The van der Waals surface area contributed by atoms with Crippen LogP contribution >= 0.6 is 22.9 Å². The fraction of sp³-hybridized carbons (Fsp3) is 0.105. The zero-order valence-electron chi connectivity index (χ0n) is 14.9. The molecular formula is C19H15ClN2O5S. The van der Waals surface area contributed by atoms with E-state index in [2.05, 4.69) is 10.6 Å². The number of furan rings is 1. The first-order valence-corrected chi connectivity index (χ1v) is 9.23. The minimum absolute atomic E-state index is 0.0778. The minimum atomic E-state index is -0.658. The van der Waals surface area contributed by atoms with Crippen LogP contribution in [-0.2, 0) is 4.74 Å². The number of hydrogen-bond acceptors (Lipinski definition) is 6. The van der Waals surface area contributed by atoms with Crippen LogP contribution in [0.1, 0.15) is 36.1 Å². The summed E-state index contributed by atoms with van der Waals surface area (Å²) in [6.07, 6.45) is 1.36. The molecule has 7 nitrogen and oxygen atoms in total. The van der Waals surface area contributed by atoms with Crippen molar-refractivity contribution >= 4 is 51.4 Å². The zero-order chi connectivity index (χ0) is 20.3. The van der Waals surface area contributed by atoms with E-state index in [0.717, 1.165) is 11.3 Å². The van der Waals surface area contributed by atoms with Crippen molar-refractivity contribution in [2.24, 2.45) is 0 Å². The van der Waals surface area contributed by atoms with E-state index >= 15 is 0 Å². The molecule has 9 heteroatoms. The summed E-state index contributed by atoms with van der Waals surface area (Å²) < 4.78 is 9.85. The maximum Gasteiger partial charge on any atom is 0.341 e. The van der Waals surface area contributed by atoms with Crippen LogP contribution in [0.2, 0.25) is 5.02 Å². The van der Waals surface area contributed by atoms with Crippen LogP contribution in [0.15, 0.2) is 47.1 Å². The van der Waals surface area contributed by atoms with Crippen LogP contribution in [0.4, 0.5) is 10.7 Å². The summed E-state index contributed by atoms with van der Waals surface area (Å²) in [7, 11) is 1.23. The Hall–Kier alpha value is -3.10. The highest BCUT2D eigenvalue weighted by molar-refractivity contribution is 7.19. The Kier molecular flexibility index (Phi) is 5.81. The van der Waals surface area contributed by atoms with Gasteiger partial charge in [0.15, 0.2) is 5.76 Å². The minimum Gasteiger partial charge on any atom is -0.465 e. The van der Waals surface area contributed by atoms with Gasteiger partial charge in [-0.05, 0) is 48.9 Å². The van der Waals surface area contributed by atoms with Crippen LogP contribution in [0, 0.1) is 6.92 Å². The van der Waals surface area contributed by atoms with Gasteiger partial charge in [-0.25, -0.2) is 4.79 Å². The van der Waals surface area contributed by atoms with Gasteiger partial charge in [0.1, 0.15) is 5.00 Å². The molecule has 0 fully saturated rings. The Morgan fingerprint density at radius 3 is 2.39 bits per heavy atom. The van der Waals surface area contributed by atoms with Gasteiger partial charge >= 0.3 is 5.97 Å². The molecule has 3 aromatic rings. The first kappa shape index (κ1) is 19.7. The second-order valence-corrected chi connectivity index (χ2v) is 7.10. The Bertz CT molecular complexity index is 1030. The molecule has 0 bridgehead atoms. The molecule has 0 atom stereocenters. The van der Waals surface area contributed by atoms with Crippen molar-refractivity contribution in [1.29, 1.82) is 0 Å². The van der Waals surface area contributed by atoms with E-state index in [0.29, 0.717) is 16.3 Å². The number of esters is 1. The standard InChI is InChI=1S/C19H15ClN2O5S/c1-10-14(19(25)26-2)18(22-16(23)13-4-3-9-27-13)28-15(10)17(24)21-12-7-5-11(20)6-8-12/h3-9H,1-2H3,(H,21,24)(H,22,23). The number of benzene rings is 1. The molecule has 2 aromatic heterocycles. The van der Waals surface area contributed by atoms with Gasteiger partial charge in [-0.15, -0.1) is 11.3 Å². The predicted octanol–water partition coefficient (Wildman–Crippen LogP) is 4.59. The van der Waals surface area contributed by atoms with Crippen LogP contribution in [0.3, 0.4) is 0 Å². The van der Waals surface area contributed by atoms with Gasteiger partial charge in [0.05, 0.1) is 23.8 Å². The van der Waals surface area contributed by atoms with Crippen LogP contribution in [0.5, 0.6) is 0 Å².